The van der Waals surface area contributed by atoms with Crippen molar-refractivity contribution in [2.45, 2.75) is 45.8 Å². The number of aromatic nitrogens is 2. The maximum atomic E-state index is 13.7. The molecule has 0 aliphatic heterocycles. The number of carbonyl (C=O) groups is 1. The third kappa shape index (κ3) is 10.1. The first-order chi connectivity index (χ1) is 23.5. The fourth-order valence-corrected chi connectivity index (χ4v) is 7.49. The van der Waals surface area contributed by atoms with Gasteiger partial charge in [0.15, 0.2) is 5.13 Å². The Balaban J connectivity index is 1.33. The van der Waals surface area contributed by atoms with E-state index in [4.69, 9.17) is 4.74 Å². The molecule has 3 aromatic carbocycles. The molecule has 2 heterocycles. The Morgan fingerprint density at radius 1 is 1.00 bits per heavy atom. The molecule has 5 aromatic rings. The summed E-state index contributed by atoms with van der Waals surface area (Å²) in [5.41, 5.74) is 5.60. The van der Waals surface area contributed by atoms with E-state index in [9.17, 15) is 18.3 Å². The summed E-state index contributed by atoms with van der Waals surface area (Å²) >= 11 is 1.43. The third-order valence-electron chi connectivity index (χ3n) is 7.73. The standard InChI is InChI=1S/C37H41N5O5S2/c1-24(2)15-28-20-31(47-4)12-13-32(28)42-49(45,46)23-35(43)33(18-26-9-6-5-7-10-26)40-36(44)29-16-25(3)17-30(19-29)39-37-41-34(22-48-37)27-11-8-14-38-21-27/h5-14,16-17,19-22,24,33,35,42-43H,15,18,23H2,1-4H3,(H,39,41)(H,40,44)/t33-,35-/m0/s1. The number of benzene rings is 3. The zero-order valence-corrected chi connectivity index (χ0v) is 29.5. The van der Waals surface area contributed by atoms with Crippen molar-refractivity contribution in [1.29, 1.82) is 0 Å². The molecule has 0 bridgehead atoms. The Morgan fingerprint density at radius 3 is 2.51 bits per heavy atom. The van der Waals surface area contributed by atoms with E-state index in [1.54, 1.807) is 43.8 Å². The number of amides is 1. The van der Waals surface area contributed by atoms with Crippen molar-refractivity contribution < 1.29 is 23.1 Å². The summed E-state index contributed by atoms with van der Waals surface area (Å²) in [6, 6.07) is 22.7. The van der Waals surface area contributed by atoms with Gasteiger partial charge in [0.1, 0.15) is 5.75 Å². The van der Waals surface area contributed by atoms with Crippen LogP contribution in [-0.4, -0.2) is 54.4 Å². The number of ether oxygens (including phenoxy) is 1. The number of hydrogen-bond acceptors (Lipinski definition) is 9. The lowest BCUT2D eigenvalue weighted by Crippen LogP contribution is -2.48. The smallest absolute Gasteiger partial charge is 0.251 e. The first-order valence-electron chi connectivity index (χ1n) is 15.9. The number of methoxy groups -OCH3 is 1. The summed E-state index contributed by atoms with van der Waals surface area (Å²) in [7, 11) is -2.47. The highest BCUT2D eigenvalue weighted by atomic mass is 32.2. The van der Waals surface area contributed by atoms with E-state index in [-0.39, 0.29) is 12.3 Å². The third-order valence-corrected chi connectivity index (χ3v) is 9.80. The van der Waals surface area contributed by atoms with Gasteiger partial charge in [-0.1, -0.05) is 44.2 Å². The van der Waals surface area contributed by atoms with Gasteiger partial charge in [-0.3, -0.25) is 14.5 Å². The highest BCUT2D eigenvalue weighted by Crippen LogP contribution is 2.28. The highest BCUT2D eigenvalue weighted by molar-refractivity contribution is 7.92. The molecular weight excluding hydrogens is 659 g/mol. The van der Waals surface area contributed by atoms with Gasteiger partial charge in [0.2, 0.25) is 10.0 Å². The number of nitrogens with zero attached hydrogens (tertiary/aromatic N) is 2. The fraction of sp³-hybridized carbons (Fsp3) is 0.270. The van der Waals surface area contributed by atoms with E-state index in [1.165, 1.54) is 11.3 Å². The van der Waals surface area contributed by atoms with Crippen molar-refractivity contribution in [1.82, 2.24) is 15.3 Å². The molecule has 0 saturated carbocycles. The van der Waals surface area contributed by atoms with Crippen LogP contribution in [0, 0.1) is 12.8 Å². The van der Waals surface area contributed by atoms with Crippen molar-refractivity contribution in [3.05, 3.63) is 119 Å². The largest absolute Gasteiger partial charge is 0.497 e. The molecule has 1 amide bonds. The number of nitrogens with one attached hydrogen (secondary N) is 3. The molecule has 0 spiro atoms. The number of sulfonamides is 1. The first kappa shape index (κ1) is 35.5. The van der Waals surface area contributed by atoms with Crippen LogP contribution in [0.3, 0.4) is 0 Å². The molecule has 0 unspecified atom stereocenters. The lowest BCUT2D eigenvalue weighted by molar-refractivity contribution is 0.0862. The van der Waals surface area contributed by atoms with Crippen LogP contribution in [0.25, 0.3) is 11.3 Å². The second-order valence-corrected chi connectivity index (χ2v) is 15.0. The Labute approximate surface area is 291 Å². The summed E-state index contributed by atoms with van der Waals surface area (Å²) in [6.07, 6.45) is 2.89. The summed E-state index contributed by atoms with van der Waals surface area (Å²) in [4.78, 5) is 22.5. The van der Waals surface area contributed by atoms with Crippen molar-refractivity contribution in [2.75, 3.05) is 22.9 Å². The second-order valence-electron chi connectivity index (χ2n) is 12.3. The lowest BCUT2D eigenvalue weighted by atomic mass is 10.0. The minimum Gasteiger partial charge on any atom is -0.497 e. The van der Waals surface area contributed by atoms with Crippen LogP contribution in [-0.2, 0) is 22.9 Å². The maximum Gasteiger partial charge on any atom is 0.251 e. The van der Waals surface area contributed by atoms with Crippen LogP contribution in [0.2, 0.25) is 0 Å². The van der Waals surface area contributed by atoms with Gasteiger partial charge in [0, 0.05) is 34.6 Å². The van der Waals surface area contributed by atoms with Crippen LogP contribution in [0.1, 0.15) is 40.9 Å². The average Bonchev–Trinajstić information content (AvgIpc) is 3.53. The summed E-state index contributed by atoms with van der Waals surface area (Å²) < 4.78 is 34.9. The van der Waals surface area contributed by atoms with Crippen molar-refractivity contribution in [3.8, 4) is 17.0 Å². The predicted octanol–water partition coefficient (Wildman–Crippen LogP) is 6.61. The van der Waals surface area contributed by atoms with Gasteiger partial charge in [-0.15, -0.1) is 11.3 Å². The van der Waals surface area contributed by atoms with Gasteiger partial charge in [-0.05, 0) is 90.9 Å². The minimum absolute atomic E-state index is 0.220. The number of hydrogen-bond donors (Lipinski definition) is 4. The minimum atomic E-state index is -4.03. The van der Waals surface area contributed by atoms with E-state index in [0.717, 1.165) is 27.9 Å². The monoisotopic (exact) mass is 699 g/mol. The van der Waals surface area contributed by atoms with E-state index in [0.29, 0.717) is 34.2 Å². The average molecular weight is 700 g/mol. The van der Waals surface area contributed by atoms with Crippen LogP contribution in [0.4, 0.5) is 16.5 Å². The Kier molecular flexibility index (Phi) is 11.7. The van der Waals surface area contributed by atoms with Gasteiger partial charge in [-0.2, -0.15) is 0 Å². The zero-order chi connectivity index (χ0) is 35.0. The molecular formula is C37H41N5O5S2. The summed E-state index contributed by atoms with van der Waals surface area (Å²) in [6.45, 7) is 5.97. The molecule has 10 nitrogen and oxygen atoms in total. The van der Waals surface area contributed by atoms with E-state index < -0.39 is 33.8 Å². The first-order valence-corrected chi connectivity index (χ1v) is 18.5. The van der Waals surface area contributed by atoms with Gasteiger partial charge in [0.25, 0.3) is 5.91 Å². The molecule has 0 radical (unpaired) electrons. The number of anilines is 3. The van der Waals surface area contributed by atoms with Crippen molar-refractivity contribution in [3.63, 3.8) is 0 Å². The van der Waals surface area contributed by atoms with Crippen LogP contribution in [0.5, 0.6) is 5.75 Å². The van der Waals surface area contributed by atoms with Gasteiger partial charge in [0.05, 0.1) is 36.4 Å². The van der Waals surface area contributed by atoms with Crippen LogP contribution >= 0.6 is 11.3 Å². The lowest BCUT2D eigenvalue weighted by Gasteiger charge is -2.25. The maximum absolute atomic E-state index is 13.7. The SMILES string of the molecule is COc1ccc(NS(=O)(=O)C[C@H](O)[C@H](Cc2ccccc2)NC(=O)c2cc(C)cc(Nc3nc(-c4cccnc4)cs3)c2)c(CC(C)C)c1. The molecule has 0 saturated heterocycles. The highest BCUT2D eigenvalue weighted by Gasteiger charge is 2.28. The van der Waals surface area contributed by atoms with E-state index in [2.05, 4.69) is 25.3 Å². The number of thiazole rings is 1. The number of carbonyl (C=O) groups excluding carboxylic acids is 1. The molecule has 0 aliphatic carbocycles. The number of rotatable bonds is 15. The van der Waals surface area contributed by atoms with E-state index >= 15 is 0 Å². The Bertz CT molecular complexity index is 1970. The van der Waals surface area contributed by atoms with Gasteiger partial charge in [-0.25, -0.2) is 13.4 Å². The molecule has 256 valence electrons. The summed E-state index contributed by atoms with van der Waals surface area (Å²) in [5, 5.41) is 20.2. The molecule has 12 heteroatoms. The number of aliphatic hydroxyl groups excluding tert-OH is 1. The second kappa shape index (κ2) is 16.1. The van der Waals surface area contributed by atoms with Gasteiger partial charge >= 0.3 is 0 Å². The molecule has 5 rings (SSSR count). The molecule has 2 atom stereocenters. The van der Waals surface area contributed by atoms with Crippen molar-refractivity contribution >= 4 is 43.8 Å². The van der Waals surface area contributed by atoms with Crippen molar-refractivity contribution in [2.24, 2.45) is 5.92 Å². The predicted molar refractivity (Wildman–Crippen MR) is 196 cm³/mol. The number of pyridine rings is 1. The molecule has 4 N–H and O–H groups in total. The summed E-state index contributed by atoms with van der Waals surface area (Å²) in [5.74, 6) is -0.168. The van der Waals surface area contributed by atoms with Gasteiger partial charge < -0.3 is 20.5 Å². The topological polar surface area (TPSA) is 143 Å². The molecule has 0 aliphatic rings. The Morgan fingerprint density at radius 2 is 1.80 bits per heavy atom. The number of aliphatic hydroxyl groups is 1. The molecule has 2 aromatic heterocycles. The Hall–Kier alpha value is -4.78. The molecule has 0 fully saturated rings. The number of aryl methyl sites for hydroxylation is 1. The van der Waals surface area contributed by atoms with Crippen LogP contribution in [0.15, 0.2) is 96.6 Å². The quantitative estimate of drug-likeness (QED) is 0.0957. The van der Waals surface area contributed by atoms with Crippen LogP contribution < -0.4 is 20.1 Å². The normalized spacial score (nSPS) is 12.7. The molecule has 49 heavy (non-hydrogen) atoms. The van der Waals surface area contributed by atoms with E-state index in [1.807, 2.05) is 80.7 Å². The zero-order valence-electron chi connectivity index (χ0n) is 27.9. The fourth-order valence-electron chi connectivity index (χ4n) is 5.45.